The van der Waals surface area contributed by atoms with Crippen molar-refractivity contribution in [3.8, 4) is 5.75 Å². The average molecular weight is 416 g/mol. The predicted octanol–water partition coefficient (Wildman–Crippen LogP) is 2.79. The summed E-state index contributed by atoms with van der Waals surface area (Å²) in [5.74, 6) is -1.47. The highest BCUT2D eigenvalue weighted by molar-refractivity contribution is 6.39. The molecule has 8 nitrogen and oxygen atoms in total. The molecule has 3 N–H and O–H groups in total. The highest BCUT2D eigenvalue weighted by Crippen LogP contribution is 2.11. The van der Waals surface area contributed by atoms with E-state index >= 15 is 0 Å². The zero-order chi connectivity index (χ0) is 21.9. The molecule has 3 rings (SSSR count). The van der Waals surface area contributed by atoms with Crippen molar-refractivity contribution in [2.24, 2.45) is 5.10 Å². The standard InChI is InChI=1S/C23H20N4O4/c28-21(25-18-7-3-1-4-8-18)16-31-20-13-11-17(12-14-20)15-24-27-23(30)22(29)26-19-9-5-2-6-10-19/h1-15H,16H2,(H,25,28)(H,26,29)(H,27,30)/b24-15-. The second-order valence-electron chi connectivity index (χ2n) is 6.29. The van der Waals surface area contributed by atoms with E-state index in [0.29, 0.717) is 22.7 Å². The molecule has 31 heavy (non-hydrogen) atoms. The minimum atomic E-state index is -0.885. The molecule has 0 unspecified atom stereocenters. The van der Waals surface area contributed by atoms with Crippen molar-refractivity contribution in [2.45, 2.75) is 0 Å². The van der Waals surface area contributed by atoms with E-state index in [2.05, 4.69) is 21.2 Å². The Balaban J connectivity index is 1.42. The predicted molar refractivity (Wildman–Crippen MR) is 118 cm³/mol. The van der Waals surface area contributed by atoms with Crippen LogP contribution in [0.4, 0.5) is 11.4 Å². The van der Waals surface area contributed by atoms with Gasteiger partial charge in [0.2, 0.25) is 0 Å². The number of carbonyl (C=O) groups is 3. The molecular weight excluding hydrogens is 396 g/mol. The van der Waals surface area contributed by atoms with Gasteiger partial charge in [-0.3, -0.25) is 14.4 Å². The maximum Gasteiger partial charge on any atom is 0.329 e. The molecule has 0 aliphatic heterocycles. The average Bonchev–Trinajstić information content (AvgIpc) is 2.80. The third-order valence-corrected chi connectivity index (χ3v) is 3.93. The van der Waals surface area contributed by atoms with Gasteiger partial charge in [-0.05, 0) is 54.1 Å². The van der Waals surface area contributed by atoms with Gasteiger partial charge in [0.15, 0.2) is 6.61 Å². The fourth-order valence-electron chi connectivity index (χ4n) is 2.44. The second-order valence-corrected chi connectivity index (χ2v) is 6.29. The first-order valence-electron chi connectivity index (χ1n) is 9.37. The van der Waals surface area contributed by atoms with Crippen LogP contribution in [0.5, 0.6) is 5.75 Å². The van der Waals surface area contributed by atoms with Gasteiger partial charge in [0.05, 0.1) is 6.21 Å². The molecule has 0 radical (unpaired) electrons. The molecule has 0 fully saturated rings. The summed E-state index contributed by atoms with van der Waals surface area (Å²) in [4.78, 5) is 35.5. The van der Waals surface area contributed by atoms with Gasteiger partial charge < -0.3 is 15.4 Å². The minimum absolute atomic E-state index is 0.130. The number of carbonyl (C=O) groups excluding carboxylic acids is 3. The second kappa shape index (κ2) is 10.9. The van der Waals surface area contributed by atoms with Crippen molar-refractivity contribution in [2.75, 3.05) is 17.2 Å². The number of anilines is 2. The maximum atomic E-state index is 11.9. The lowest BCUT2D eigenvalue weighted by atomic mass is 10.2. The van der Waals surface area contributed by atoms with Crippen molar-refractivity contribution in [3.63, 3.8) is 0 Å². The zero-order valence-corrected chi connectivity index (χ0v) is 16.4. The molecule has 0 aromatic heterocycles. The smallest absolute Gasteiger partial charge is 0.329 e. The van der Waals surface area contributed by atoms with Crippen LogP contribution < -0.4 is 20.8 Å². The van der Waals surface area contributed by atoms with E-state index in [9.17, 15) is 14.4 Å². The van der Waals surface area contributed by atoms with Crippen LogP contribution in [-0.4, -0.2) is 30.5 Å². The summed E-state index contributed by atoms with van der Waals surface area (Å²) < 4.78 is 5.45. The molecule has 8 heteroatoms. The fraction of sp³-hybridized carbons (Fsp3) is 0.0435. The van der Waals surface area contributed by atoms with Gasteiger partial charge in [-0.25, -0.2) is 5.43 Å². The Morgan fingerprint density at radius 2 is 1.32 bits per heavy atom. The Morgan fingerprint density at radius 3 is 1.94 bits per heavy atom. The Morgan fingerprint density at radius 1 is 0.742 bits per heavy atom. The van der Waals surface area contributed by atoms with E-state index in [1.807, 2.05) is 18.2 Å². The Bertz CT molecular complexity index is 1050. The van der Waals surface area contributed by atoms with Crippen molar-refractivity contribution in [1.82, 2.24) is 5.43 Å². The first-order chi connectivity index (χ1) is 15.1. The fourth-order valence-corrected chi connectivity index (χ4v) is 2.44. The van der Waals surface area contributed by atoms with Crippen LogP contribution in [0, 0.1) is 0 Å². The van der Waals surface area contributed by atoms with E-state index in [-0.39, 0.29) is 12.5 Å². The molecule has 0 saturated heterocycles. The van der Waals surface area contributed by atoms with Gasteiger partial charge in [-0.2, -0.15) is 5.10 Å². The van der Waals surface area contributed by atoms with Gasteiger partial charge in [0.1, 0.15) is 5.75 Å². The Labute approximate surface area is 178 Å². The van der Waals surface area contributed by atoms with E-state index in [4.69, 9.17) is 4.74 Å². The highest BCUT2D eigenvalue weighted by atomic mass is 16.5. The lowest BCUT2D eigenvalue weighted by Gasteiger charge is -2.07. The number of rotatable bonds is 7. The van der Waals surface area contributed by atoms with Crippen LogP contribution in [0.2, 0.25) is 0 Å². The molecule has 0 spiro atoms. The van der Waals surface area contributed by atoms with Crippen LogP contribution in [0.15, 0.2) is 90.0 Å². The SMILES string of the molecule is O=C(COc1ccc(/C=N\NC(=O)C(=O)Nc2ccccc2)cc1)Nc1ccccc1. The largest absolute Gasteiger partial charge is 0.484 e. The van der Waals surface area contributed by atoms with Gasteiger partial charge >= 0.3 is 11.8 Å². The summed E-state index contributed by atoms with van der Waals surface area (Å²) in [6.07, 6.45) is 1.39. The summed E-state index contributed by atoms with van der Waals surface area (Å²) in [7, 11) is 0. The normalized spacial score (nSPS) is 10.3. The van der Waals surface area contributed by atoms with Crippen LogP contribution in [0.3, 0.4) is 0 Å². The Kier molecular flexibility index (Phi) is 7.48. The molecular formula is C23H20N4O4. The van der Waals surface area contributed by atoms with Gasteiger partial charge in [-0.1, -0.05) is 36.4 Å². The third kappa shape index (κ3) is 7.13. The molecule has 0 aliphatic carbocycles. The number of ether oxygens (including phenoxy) is 1. The van der Waals surface area contributed by atoms with Crippen molar-refractivity contribution >= 4 is 35.3 Å². The Hall–Kier alpha value is -4.46. The number of para-hydroxylation sites is 2. The molecule has 0 bridgehead atoms. The van der Waals surface area contributed by atoms with E-state index in [1.165, 1.54) is 6.21 Å². The van der Waals surface area contributed by atoms with Gasteiger partial charge in [0, 0.05) is 11.4 Å². The number of benzene rings is 3. The summed E-state index contributed by atoms with van der Waals surface area (Å²) >= 11 is 0. The van der Waals surface area contributed by atoms with E-state index < -0.39 is 11.8 Å². The highest BCUT2D eigenvalue weighted by Gasteiger charge is 2.12. The van der Waals surface area contributed by atoms with Crippen LogP contribution in [-0.2, 0) is 14.4 Å². The summed E-state index contributed by atoms with van der Waals surface area (Å²) in [5, 5.41) is 8.96. The summed E-state index contributed by atoms with van der Waals surface area (Å²) in [5.41, 5.74) is 4.04. The van der Waals surface area contributed by atoms with Crippen LogP contribution in [0.25, 0.3) is 0 Å². The van der Waals surface area contributed by atoms with Gasteiger partial charge in [0.25, 0.3) is 5.91 Å². The molecule has 0 heterocycles. The first kappa shape index (κ1) is 21.3. The lowest BCUT2D eigenvalue weighted by molar-refractivity contribution is -0.136. The molecule has 0 saturated carbocycles. The molecule has 0 aliphatic rings. The molecule has 3 aromatic carbocycles. The minimum Gasteiger partial charge on any atom is -0.484 e. The third-order valence-electron chi connectivity index (χ3n) is 3.93. The topological polar surface area (TPSA) is 109 Å². The van der Waals surface area contributed by atoms with Crippen molar-refractivity contribution in [1.29, 1.82) is 0 Å². The van der Waals surface area contributed by atoms with Crippen molar-refractivity contribution in [3.05, 3.63) is 90.5 Å². The maximum absolute atomic E-state index is 11.9. The number of amides is 3. The number of nitrogens with zero attached hydrogens (tertiary/aromatic N) is 1. The van der Waals surface area contributed by atoms with E-state index in [1.54, 1.807) is 66.7 Å². The van der Waals surface area contributed by atoms with Crippen molar-refractivity contribution < 1.29 is 19.1 Å². The molecule has 3 amide bonds. The summed E-state index contributed by atoms with van der Waals surface area (Å²) in [6, 6.07) is 24.5. The quantitative estimate of drug-likeness (QED) is 0.313. The first-order valence-corrected chi connectivity index (χ1v) is 9.37. The molecule has 0 atom stereocenters. The zero-order valence-electron chi connectivity index (χ0n) is 16.4. The van der Waals surface area contributed by atoms with Gasteiger partial charge in [-0.15, -0.1) is 0 Å². The molecule has 3 aromatic rings. The summed E-state index contributed by atoms with van der Waals surface area (Å²) in [6.45, 7) is -0.130. The number of hydrogen-bond acceptors (Lipinski definition) is 5. The lowest BCUT2D eigenvalue weighted by Crippen LogP contribution is -2.32. The van der Waals surface area contributed by atoms with Crippen LogP contribution >= 0.6 is 0 Å². The number of hydrazone groups is 1. The van der Waals surface area contributed by atoms with E-state index in [0.717, 1.165) is 0 Å². The monoisotopic (exact) mass is 416 g/mol. The van der Waals surface area contributed by atoms with Crippen LogP contribution in [0.1, 0.15) is 5.56 Å². The molecule has 156 valence electrons. The number of hydrogen-bond donors (Lipinski definition) is 3. The number of nitrogens with one attached hydrogen (secondary N) is 3.